The van der Waals surface area contributed by atoms with Gasteiger partial charge in [0.25, 0.3) is 0 Å². The van der Waals surface area contributed by atoms with Crippen LogP contribution in [0.3, 0.4) is 0 Å². The molecule has 0 bridgehead atoms. The summed E-state index contributed by atoms with van der Waals surface area (Å²) in [6.07, 6.45) is -0.318. The maximum atomic E-state index is 11.5. The summed E-state index contributed by atoms with van der Waals surface area (Å²) in [5, 5.41) is 0. The summed E-state index contributed by atoms with van der Waals surface area (Å²) >= 11 is 0. The third kappa shape index (κ3) is 7.85. The molecule has 0 spiro atoms. The largest absolute Gasteiger partial charge is 0.478 e. The highest BCUT2D eigenvalue weighted by Crippen LogP contribution is 2.19. The van der Waals surface area contributed by atoms with Gasteiger partial charge >= 0.3 is 6.98 Å². The third-order valence-corrected chi connectivity index (χ3v) is 1.07. The van der Waals surface area contributed by atoms with E-state index in [-0.39, 0.29) is 12.3 Å². The molecule has 0 unspecified atom stereocenters. The monoisotopic (exact) mass is 139 g/mol. The minimum absolute atomic E-state index is 0.161. The van der Waals surface area contributed by atoms with Crippen LogP contribution in [0.5, 0.6) is 0 Å². The van der Waals surface area contributed by atoms with E-state index in [1.807, 2.05) is 0 Å². The summed E-state index contributed by atoms with van der Waals surface area (Å²) in [6, 6.07) is 0. The summed E-state index contributed by atoms with van der Waals surface area (Å²) in [6.45, 7) is -0.944. The van der Waals surface area contributed by atoms with Crippen molar-refractivity contribution in [1.29, 1.82) is 0 Å². The van der Waals surface area contributed by atoms with Gasteiger partial charge in [-0.25, -0.2) is 0 Å². The second kappa shape index (κ2) is 3.13. The van der Waals surface area contributed by atoms with E-state index in [0.717, 1.165) is 0 Å². The van der Waals surface area contributed by atoms with Gasteiger partial charge in [-0.05, 0) is 5.92 Å². The Morgan fingerprint density at radius 1 is 1.22 bits per heavy atom. The van der Waals surface area contributed by atoms with Crippen molar-refractivity contribution < 1.29 is 12.9 Å². The van der Waals surface area contributed by atoms with Gasteiger partial charge in [0, 0.05) is 0 Å². The zero-order chi connectivity index (χ0) is 7.49. The van der Waals surface area contributed by atoms with E-state index >= 15 is 0 Å². The molecule has 4 heteroatoms. The SMILES string of the molecule is CC(C)CC[B-](F)(F)F. The van der Waals surface area contributed by atoms with Gasteiger partial charge in [-0.1, -0.05) is 26.6 Å². The number of halogens is 3. The molecule has 0 fully saturated rings. The van der Waals surface area contributed by atoms with Gasteiger partial charge in [-0.15, -0.1) is 0 Å². The third-order valence-electron chi connectivity index (χ3n) is 1.07. The van der Waals surface area contributed by atoms with Crippen molar-refractivity contribution in [2.24, 2.45) is 5.92 Å². The van der Waals surface area contributed by atoms with Gasteiger partial charge in [-0.2, -0.15) is 0 Å². The molecule has 0 saturated carbocycles. The summed E-state index contributed by atoms with van der Waals surface area (Å²) in [7, 11) is 0. The molecule has 0 heterocycles. The average Bonchev–Trinajstić information content (AvgIpc) is 1.59. The summed E-state index contributed by atoms with van der Waals surface area (Å²) in [5.41, 5.74) is 0. The molecule has 0 atom stereocenters. The topological polar surface area (TPSA) is 0 Å². The van der Waals surface area contributed by atoms with Crippen molar-refractivity contribution in [2.45, 2.75) is 26.6 Å². The van der Waals surface area contributed by atoms with Crippen molar-refractivity contribution in [1.82, 2.24) is 0 Å². The van der Waals surface area contributed by atoms with Crippen LogP contribution in [-0.2, 0) is 0 Å². The molecule has 0 aliphatic rings. The zero-order valence-electron chi connectivity index (χ0n) is 5.70. The predicted octanol–water partition coefficient (Wildman–Crippen LogP) is 2.88. The smallest absolute Gasteiger partial charge is 0.449 e. The Hall–Kier alpha value is -0.145. The average molecular weight is 139 g/mol. The highest BCUT2D eigenvalue weighted by Gasteiger charge is 2.21. The van der Waals surface area contributed by atoms with Crippen LogP contribution < -0.4 is 0 Å². The fraction of sp³-hybridized carbons (Fsp3) is 1.00. The first-order valence-electron chi connectivity index (χ1n) is 3.13. The van der Waals surface area contributed by atoms with Gasteiger partial charge in [0.1, 0.15) is 0 Å². The first-order chi connectivity index (χ1) is 3.92. The van der Waals surface area contributed by atoms with Crippen LogP contribution in [0.4, 0.5) is 12.9 Å². The summed E-state index contributed by atoms with van der Waals surface area (Å²) in [4.78, 5) is 0. The van der Waals surface area contributed by atoms with Gasteiger partial charge < -0.3 is 12.9 Å². The normalized spacial score (nSPS) is 12.7. The van der Waals surface area contributed by atoms with E-state index in [1.165, 1.54) is 0 Å². The number of hydrogen-bond donors (Lipinski definition) is 0. The van der Waals surface area contributed by atoms with E-state index in [9.17, 15) is 12.9 Å². The molecular formula is C5H11BF3-. The van der Waals surface area contributed by atoms with Crippen LogP contribution in [0.15, 0.2) is 0 Å². The minimum atomic E-state index is -4.53. The molecule has 0 amide bonds. The highest BCUT2D eigenvalue weighted by atomic mass is 19.4. The van der Waals surface area contributed by atoms with Crippen molar-refractivity contribution in [2.75, 3.05) is 0 Å². The Labute approximate surface area is 53.5 Å². The molecule has 56 valence electrons. The Balaban J connectivity index is 3.28. The Morgan fingerprint density at radius 3 is 1.78 bits per heavy atom. The molecule has 0 aliphatic heterocycles. The fourth-order valence-corrected chi connectivity index (χ4v) is 0.522. The maximum Gasteiger partial charge on any atom is 0.478 e. The molecule has 0 rings (SSSR count). The zero-order valence-corrected chi connectivity index (χ0v) is 5.70. The number of hydrogen-bond acceptors (Lipinski definition) is 0. The van der Waals surface area contributed by atoms with Crippen LogP contribution in [0.1, 0.15) is 20.3 Å². The van der Waals surface area contributed by atoms with Gasteiger partial charge in [0.2, 0.25) is 0 Å². The Bertz CT molecular complexity index is 76.8. The van der Waals surface area contributed by atoms with Crippen molar-refractivity contribution >= 4 is 6.98 Å². The van der Waals surface area contributed by atoms with Crippen LogP contribution in [0, 0.1) is 5.92 Å². The lowest BCUT2D eigenvalue weighted by atomic mass is 9.82. The van der Waals surface area contributed by atoms with Crippen LogP contribution in [0.2, 0.25) is 6.32 Å². The van der Waals surface area contributed by atoms with Crippen molar-refractivity contribution in [3.05, 3.63) is 0 Å². The molecule has 0 aromatic rings. The summed E-state index contributed by atoms with van der Waals surface area (Å²) < 4.78 is 34.4. The quantitative estimate of drug-likeness (QED) is 0.527. The molecule has 0 aliphatic carbocycles. The van der Waals surface area contributed by atoms with Gasteiger partial charge in [0.05, 0.1) is 0 Å². The molecular weight excluding hydrogens is 128 g/mol. The molecule has 9 heavy (non-hydrogen) atoms. The lowest BCUT2D eigenvalue weighted by molar-refractivity contribution is 0.449. The lowest BCUT2D eigenvalue weighted by Crippen LogP contribution is -2.14. The Kier molecular flexibility index (Phi) is 3.08. The molecule has 0 saturated heterocycles. The standard InChI is InChI=1S/C5H11BF3/c1-5(2)3-4-6(7,8)9/h5H,3-4H2,1-2H3/q-1. The number of rotatable bonds is 3. The van der Waals surface area contributed by atoms with Crippen molar-refractivity contribution in [3.8, 4) is 0 Å². The van der Waals surface area contributed by atoms with E-state index in [2.05, 4.69) is 0 Å². The highest BCUT2D eigenvalue weighted by molar-refractivity contribution is 6.58. The van der Waals surface area contributed by atoms with Crippen LogP contribution in [0.25, 0.3) is 0 Å². The minimum Gasteiger partial charge on any atom is -0.449 e. The van der Waals surface area contributed by atoms with E-state index in [4.69, 9.17) is 0 Å². The summed E-state index contributed by atoms with van der Waals surface area (Å²) in [5.74, 6) is 0.161. The second-order valence-electron chi connectivity index (χ2n) is 2.68. The van der Waals surface area contributed by atoms with E-state index in [1.54, 1.807) is 13.8 Å². The fourth-order valence-electron chi connectivity index (χ4n) is 0.522. The van der Waals surface area contributed by atoms with Crippen LogP contribution in [-0.4, -0.2) is 6.98 Å². The molecule has 0 aromatic carbocycles. The first-order valence-corrected chi connectivity index (χ1v) is 3.13. The molecule has 0 aromatic heterocycles. The van der Waals surface area contributed by atoms with Gasteiger partial charge in [-0.3, -0.25) is 0 Å². The molecule has 0 radical (unpaired) electrons. The van der Waals surface area contributed by atoms with E-state index < -0.39 is 13.3 Å². The second-order valence-corrected chi connectivity index (χ2v) is 2.68. The van der Waals surface area contributed by atoms with Gasteiger partial charge in [0.15, 0.2) is 0 Å². The van der Waals surface area contributed by atoms with Crippen LogP contribution >= 0.6 is 0 Å². The maximum absolute atomic E-state index is 11.5. The van der Waals surface area contributed by atoms with E-state index in [0.29, 0.717) is 0 Å². The molecule has 0 nitrogen and oxygen atoms in total. The lowest BCUT2D eigenvalue weighted by Gasteiger charge is -2.13. The Morgan fingerprint density at radius 2 is 1.67 bits per heavy atom. The molecule has 0 N–H and O–H groups in total. The predicted molar refractivity (Wildman–Crippen MR) is 33.3 cm³/mol. The van der Waals surface area contributed by atoms with Crippen molar-refractivity contribution in [3.63, 3.8) is 0 Å². The first kappa shape index (κ1) is 8.85.